The summed E-state index contributed by atoms with van der Waals surface area (Å²) in [5.74, 6) is -0.0630. The van der Waals surface area contributed by atoms with E-state index in [1.54, 1.807) is 43.4 Å². The number of hydrogen-bond acceptors (Lipinski definition) is 4. The summed E-state index contributed by atoms with van der Waals surface area (Å²) in [6.45, 7) is 0.310. The molecule has 0 saturated heterocycles. The summed E-state index contributed by atoms with van der Waals surface area (Å²) in [5.41, 5.74) is 0.676. The lowest BCUT2D eigenvalue weighted by Gasteiger charge is -2.17. The smallest absolute Gasteiger partial charge is 0.223 e. The Morgan fingerprint density at radius 2 is 1.91 bits per heavy atom. The molecule has 0 unspecified atom stereocenters. The van der Waals surface area contributed by atoms with Gasteiger partial charge in [0.15, 0.2) is 5.78 Å². The Morgan fingerprint density at radius 3 is 2.55 bits per heavy atom. The predicted octanol–water partition coefficient (Wildman–Crippen LogP) is 3.73. The number of phenols is 1. The molecule has 1 aromatic carbocycles. The van der Waals surface area contributed by atoms with E-state index in [2.05, 4.69) is 0 Å². The maximum absolute atomic E-state index is 12.1. The van der Waals surface area contributed by atoms with Gasteiger partial charge in [-0.05, 0) is 18.2 Å². The Kier molecular flexibility index (Phi) is 5.57. The van der Waals surface area contributed by atoms with E-state index in [0.29, 0.717) is 21.3 Å². The molecule has 1 heterocycles. The molecule has 0 aliphatic rings. The van der Waals surface area contributed by atoms with Gasteiger partial charge in [-0.1, -0.05) is 29.8 Å². The number of para-hydroxylation sites is 1. The van der Waals surface area contributed by atoms with Gasteiger partial charge < -0.3 is 10.0 Å². The zero-order valence-electron chi connectivity index (χ0n) is 12.1. The van der Waals surface area contributed by atoms with Crippen molar-refractivity contribution in [1.29, 1.82) is 0 Å². The Balaban J connectivity index is 1.86. The average molecular weight is 338 g/mol. The Labute approximate surface area is 137 Å². The van der Waals surface area contributed by atoms with Crippen LogP contribution >= 0.6 is 22.9 Å². The van der Waals surface area contributed by atoms with Crippen molar-refractivity contribution < 1.29 is 14.7 Å². The van der Waals surface area contributed by atoms with Crippen LogP contribution in [0.4, 0.5) is 0 Å². The minimum Gasteiger partial charge on any atom is -0.508 e. The molecule has 0 bridgehead atoms. The van der Waals surface area contributed by atoms with Gasteiger partial charge in [-0.2, -0.15) is 0 Å². The van der Waals surface area contributed by atoms with Crippen LogP contribution < -0.4 is 0 Å². The van der Waals surface area contributed by atoms with Gasteiger partial charge in [0.1, 0.15) is 5.75 Å². The SMILES string of the molecule is CN(Cc1ccccc1O)C(=O)CCC(=O)c1ccc(Cl)s1. The normalized spacial score (nSPS) is 10.5. The number of Topliss-reactive ketones (excluding diaryl/α,β-unsaturated/α-hetero) is 1. The minimum atomic E-state index is -0.140. The number of carbonyl (C=O) groups is 2. The molecule has 116 valence electrons. The fraction of sp³-hybridized carbons (Fsp3) is 0.250. The second-order valence-electron chi connectivity index (χ2n) is 4.91. The van der Waals surface area contributed by atoms with Gasteiger partial charge in [-0.15, -0.1) is 11.3 Å². The van der Waals surface area contributed by atoms with Crippen molar-refractivity contribution in [2.75, 3.05) is 7.05 Å². The molecular formula is C16H16ClNO3S. The molecule has 0 radical (unpaired) electrons. The van der Waals surface area contributed by atoms with Gasteiger partial charge in [-0.25, -0.2) is 0 Å². The summed E-state index contributed by atoms with van der Waals surface area (Å²) in [6.07, 6.45) is 0.291. The first kappa shape index (κ1) is 16.5. The molecule has 2 aromatic rings. The number of aromatic hydroxyl groups is 1. The molecule has 4 nitrogen and oxygen atoms in total. The van der Waals surface area contributed by atoms with Crippen molar-refractivity contribution >= 4 is 34.6 Å². The number of amides is 1. The Bertz CT molecular complexity index is 684. The standard InChI is InChI=1S/C16H16ClNO3S/c1-18(10-11-4-2-3-5-12(11)19)16(21)9-6-13(20)14-7-8-15(17)22-14/h2-5,7-8,19H,6,9-10H2,1H3. The van der Waals surface area contributed by atoms with Gasteiger partial charge in [0.25, 0.3) is 0 Å². The maximum Gasteiger partial charge on any atom is 0.223 e. The highest BCUT2D eigenvalue weighted by Gasteiger charge is 2.15. The molecule has 2 rings (SSSR count). The molecular weight excluding hydrogens is 322 g/mol. The number of nitrogens with zero attached hydrogens (tertiary/aromatic N) is 1. The molecule has 0 atom stereocenters. The molecule has 0 aliphatic carbocycles. The molecule has 22 heavy (non-hydrogen) atoms. The van der Waals surface area contributed by atoms with Gasteiger partial charge in [0.2, 0.25) is 5.91 Å². The molecule has 0 aliphatic heterocycles. The van der Waals surface area contributed by atoms with E-state index in [0.717, 1.165) is 0 Å². The van der Waals surface area contributed by atoms with E-state index in [1.807, 2.05) is 0 Å². The van der Waals surface area contributed by atoms with E-state index in [9.17, 15) is 14.7 Å². The van der Waals surface area contributed by atoms with Crippen molar-refractivity contribution in [3.05, 3.63) is 51.2 Å². The summed E-state index contributed by atoms with van der Waals surface area (Å²) < 4.78 is 0.561. The number of carbonyl (C=O) groups excluding carboxylic acids is 2. The van der Waals surface area contributed by atoms with E-state index < -0.39 is 0 Å². The van der Waals surface area contributed by atoms with Gasteiger partial charge in [-0.3, -0.25) is 9.59 Å². The van der Waals surface area contributed by atoms with E-state index >= 15 is 0 Å². The lowest BCUT2D eigenvalue weighted by molar-refractivity contribution is -0.130. The summed E-state index contributed by atoms with van der Waals surface area (Å²) >= 11 is 7.01. The quantitative estimate of drug-likeness (QED) is 0.817. The van der Waals surface area contributed by atoms with Crippen LogP contribution in [0.5, 0.6) is 5.75 Å². The fourth-order valence-electron chi connectivity index (χ4n) is 1.99. The predicted molar refractivity (Wildman–Crippen MR) is 87.5 cm³/mol. The first-order valence-electron chi connectivity index (χ1n) is 6.76. The number of thiophene rings is 1. The van der Waals surface area contributed by atoms with Crippen LogP contribution in [0.15, 0.2) is 36.4 Å². The third kappa shape index (κ3) is 4.32. The third-order valence-corrected chi connectivity index (χ3v) is 4.51. The number of benzene rings is 1. The number of rotatable bonds is 6. The molecule has 1 N–H and O–H groups in total. The third-order valence-electron chi connectivity index (χ3n) is 3.24. The minimum absolute atomic E-state index is 0.0822. The largest absolute Gasteiger partial charge is 0.508 e. The number of halogens is 1. The lowest BCUT2D eigenvalue weighted by atomic mass is 10.1. The second kappa shape index (κ2) is 7.42. The van der Waals surface area contributed by atoms with Crippen molar-refractivity contribution in [2.24, 2.45) is 0 Å². The van der Waals surface area contributed by atoms with Crippen LogP contribution in [0.2, 0.25) is 4.34 Å². The van der Waals surface area contributed by atoms with E-state index in [4.69, 9.17) is 11.6 Å². The molecule has 0 spiro atoms. The van der Waals surface area contributed by atoms with Crippen molar-refractivity contribution in [3.63, 3.8) is 0 Å². The molecule has 1 aromatic heterocycles. The van der Waals surface area contributed by atoms with Crippen molar-refractivity contribution in [1.82, 2.24) is 4.90 Å². The summed E-state index contributed by atoms with van der Waals surface area (Å²) in [7, 11) is 1.65. The van der Waals surface area contributed by atoms with Gasteiger partial charge >= 0.3 is 0 Å². The van der Waals surface area contributed by atoms with Crippen LogP contribution in [-0.4, -0.2) is 28.7 Å². The highest BCUT2D eigenvalue weighted by atomic mass is 35.5. The molecule has 0 fully saturated rings. The number of phenolic OH excluding ortho intramolecular Hbond substituents is 1. The molecule has 6 heteroatoms. The van der Waals surface area contributed by atoms with Crippen LogP contribution in [0.3, 0.4) is 0 Å². The topological polar surface area (TPSA) is 57.6 Å². The lowest BCUT2D eigenvalue weighted by Crippen LogP contribution is -2.26. The fourth-order valence-corrected chi connectivity index (χ4v) is 3.00. The van der Waals surface area contributed by atoms with Crippen LogP contribution in [0.25, 0.3) is 0 Å². The summed E-state index contributed by atoms with van der Waals surface area (Å²) in [6, 6.07) is 10.2. The van der Waals surface area contributed by atoms with Crippen LogP contribution in [0, 0.1) is 0 Å². The number of hydrogen-bond donors (Lipinski definition) is 1. The van der Waals surface area contributed by atoms with E-state index in [-0.39, 0.29) is 30.3 Å². The highest BCUT2D eigenvalue weighted by Crippen LogP contribution is 2.23. The maximum atomic E-state index is 12.1. The average Bonchev–Trinajstić information content (AvgIpc) is 2.93. The van der Waals surface area contributed by atoms with Crippen LogP contribution in [-0.2, 0) is 11.3 Å². The number of ketones is 1. The summed E-state index contributed by atoms with van der Waals surface area (Å²) in [4.78, 5) is 26.1. The summed E-state index contributed by atoms with van der Waals surface area (Å²) in [5, 5.41) is 9.71. The van der Waals surface area contributed by atoms with Crippen molar-refractivity contribution in [2.45, 2.75) is 19.4 Å². The van der Waals surface area contributed by atoms with Crippen LogP contribution in [0.1, 0.15) is 28.1 Å². The molecule has 0 saturated carbocycles. The first-order chi connectivity index (χ1) is 10.5. The molecule has 1 amide bonds. The second-order valence-corrected chi connectivity index (χ2v) is 6.62. The van der Waals surface area contributed by atoms with Crippen molar-refractivity contribution in [3.8, 4) is 5.75 Å². The first-order valence-corrected chi connectivity index (χ1v) is 7.96. The zero-order chi connectivity index (χ0) is 16.1. The highest BCUT2D eigenvalue weighted by molar-refractivity contribution is 7.18. The van der Waals surface area contributed by atoms with E-state index in [1.165, 1.54) is 16.2 Å². The zero-order valence-corrected chi connectivity index (χ0v) is 13.7. The Hall–Kier alpha value is -1.85. The Morgan fingerprint density at radius 1 is 1.18 bits per heavy atom. The van der Waals surface area contributed by atoms with Gasteiger partial charge in [0.05, 0.1) is 9.21 Å². The monoisotopic (exact) mass is 337 g/mol. The van der Waals surface area contributed by atoms with Gasteiger partial charge in [0, 0.05) is 32.0 Å².